The Morgan fingerprint density at radius 2 is 0.664 bits per heavy atom. The SMILES string of the molecule is CC(=O)OC12COP(=O)(OC1)OC2.CC(C)(C)c1ccc(-c2ccc(CC34COP(=O)(OC3)OC4)cc2)cc1.CN(C)C12COP(=O)(OC1)OC2.O=C(OC12COP(=O)(OC1)OC2)c1ccccc1.O=P12OCC(Cc3ccc(-c4ccccc4)cc3)(CO1)CO2.O=P12OCC(Nc3ccccc3)(CO1)CO2. The summed E-state index contributed by atoms with van der Waals surface area (Å²) in [7, 11) is -15.6. The maximum absolute atomic E-state index is 11.9. The van der Waals surface area contributed by atoms with Gasteiger partial charge < -0.3 is 14.8 Å². The van der Waals surface area contributed by atoms with E-state index in [1.165, 1.54) is 45.9 Å². The van der Waals surface area contributed by atoms with Gasteiger partial charge in [0, 0.05) is 23.4 Å². The van der Waals surface area contributed by atoms with Crippen LogP contribution in [-0.4, -0.2) is 172 Å². The van der Waals surface area contributed by atoms with E-state index >= 15 is 0 Å². The van der Waals surface area contributed by atoms with E-state index in [0.717, 1.165) is 18.5 Å². The molecule has 18 heterocycles. The molecule has 0 radical (unpaired) electrons. The van der Waals surface area contributed by atoms with E-state index in [2.05, 4.69) is 111 Å². The van der Waals surface area contributed by atoms with Gasteiger partial charge in [0.1, 0.15) is 45.2 Å². The van der Waals surface area contributed by atoms with Gasteiger partial charge in [-0.1, -0.05) is 160 Å². The van der Waals surface area contributed by atoms with Crippen LogP contribution in [0.2, 0.25) is 0 Å². The van der Waals surface area contributed by atoms with E-state index in [9.17, 15) is 37.0 Å². The number of fused-ring (bicyclic) bond motifs is 18. The van der Waals surface area contributed by atoms with Crippen LogP contribution in [0.15, 0.2) is 164 Å². The van der Waals surface area contributed by atoms with Crippen LogP contribution in [0.4, 0.5) is 5.69 Å². The quantitative estimate of drug-likeness (QED) is 0.0878. The molecule has 18 saturated heterocycles. The predicted molar refractivity (Wildman–Crippen MR) is 386 cm³/mol. The highest BCUT2D eigenvalue weighted by Gasteiger charge is 2.57. The molecule has 30 nitrogen and oxygen atoms in total. The maximum Gasteiger partial charge on any atom is 0.475 e. The molecule has 6 aromatic rings. The summed E-state index contributed by atoms with van der Waals surface area (Å²) in [5, 5.41) is 3.30. The third-order valence-corrected chi connectivity index (χ3v) is 27.1. The number of nitrogens with one attached hydrogen (secondary N) is 1. The Hall–Kier alpha value is -5.32. The summed E-state index contributed by atoms with van der Waals surface area (Å²) in [5.41, 5.74) is 7.11. The third kappa shape index (κ3) is 19.6. The standard InChI is InChI=1S/C21H25O4P.C17H17O4P.C11H11O6P.C10H12NO4P.C6H12NO4P.C6H9O6P/c1-20(2,3)19-10-8-18(9-11-19)17-6-4-16(5-7-17)12-21-13-23-26(22,24-14-21)25-15-21;18-22-19-11-17(12-20-22,13-21-22)10-14-6-8-16(9-7-14)15-4-2-1-3-5-15;12-10(9-4-2-1-3-5-9)17-11-6-14-18(13,15-7-11)16-8-11;12-16-13-6-10(7-14-16,8-15-16)11-9-4-2-1-3-5-9;1-7(2)6-3-9-12(8,10-4-6)11-5-6;1-5(7)12-6-2-9-13(8,10-3-6)11-4-6/h4-11H,12-15H2,1-3H3;1-9H,10-13H2;1-5H,6-8H2;1-5,11H,6-8H2;3-5H2,1-2H3;2-4H2,1H3. The molecule has 0 aliphatic carbocycles. The van der Waals surface area contributed by atoms with E-state index in [-0.39, 0.29) is 61.4 Å². The van der Waals surface area contributed by atoms with Crippen LogP contribution in [0.1, 0.15) is 54.7 Å². The van der Waals surface area contributed by atoms with Crippen molar-refractivity contribution in [2.24, 2.45) is 10.8 Å². The monoisotopic (exact) mass is 1600 g/mol. The average Bonchev–Trinajstić information content (AvgIpc) is 0.803. The van der Waals surface area contributed by atoms with Crippen LogP contribution in [0.25, 0.3) is 22.3 Å². The molecule has 578 valence electrons. The Balaban J connectivity index is 0.000000116. The number of anilines is 1. The molecule has 0 saturated carbocycles. The Morgan fingerprint density at radius 1 is 0.374 bits per heavy atom. The van der Waals surface area contributed by atoms with E-state index in [0.29, 0.717) is 84.8 Å². The zero-order valence-electron chi connectivity index (χ0n) is 59.8. The van der Waals surface area contributed by atoms with Crippen molar-refractivity contribution in [2.75, 3.05) is 138 Å². The first-order valence-corrected chi connectivity index (χ1v) is 43.2. The third-order valence-electron chi connectivity index (χ3n) is 19.1. The first-order chi connectivity index (χ1) is 50.8. The number of phosphoric acid groups is 6. The summed E-state index contributed by atoms with van der Waals surface area (Å²) in [6, 6.07) is 54.5. The predicted octanol–water partition coefficient (Wildman–Crippen LogP) is 14.2. The summed E-state index contributed by atoms with van der Waals surface area (Å²) >= 11 is 0. The highest BCUT2D eigenvalue weighted by Crippen LogP contribution is 2.64. The van der Waals surface area contributed by atoms with Gasteiger partial charge in [-0.2, -0.15) is 0 Å². The topological polar surface area (TPSA) is 336 Å². The highest BCUT2D eigenvalue weighted by atomic mass is 31.2. The van der Waals surface area contributed by atoms with E-state index in [1.807, 2.05) is 73.6 Å². The van der Waals surface area contributed by atoms with Crippen LogP contribution in [-0.2, 0) is 141 Å². The number of para-hydroxylation sites is 1. The number of ether oxygens (including phenoxy) is 2. The largest absolute Gasteiger partial charge is 0.475 e. The Kier molecular flexibility index (Phi) is 23.9. The van der Waals surface area contributed by atoms with Gasteiger partial charge in [-0.3, -0.25) is 91.1 Å². The second-order valence-corrected chi connectivity index (χ2v) is 39.2. The first kappa shape index (κ1) is 79.8. The molecular weight excluding hydrogens is 1510 g/mol. The molecule has 0 unspecified atom stereocenters. The summed E-state index contributed by atoms with van der Waals surface area (Å²) in [6.45, 7) is 13.2. The summed E-state index contributed by atoms with van der Waals surface area (Å²) in [6.07, 6.45) is 1.58. The molecule has 18 aliphatic heterocycles. The number of carbonyl (C=O) groups excluding carboxylic acids is 2. The lowest BCUT2D eigenvalue weighted by molar-refractivity contribution is -0.194. The fourth-order valence-corrected chi connectivity index (χ4v) is 21.0. The van der Waals surface area contributed by atoms with Crippen LogP contribution in [0.5, 0.6) is 0 Å². The second kappa shape index (κ2) is 32.0. The van der Waals surface area contributed by atoms with E-state index in [4.69, 9.17) is 90.9 Å². The molecule has 1 N–H and O–H groups in total. The minimum Gasteiger partial charge on any atom is -0.452 e. The van der Waals surface area contributed by atoms with Gasteiger partial charge in [0.15, 0.2) is 11.2 Å². The van der Waals surface area contributed by atoms with Gasteiger partial charge in [-0.05, 0) is 95.6 Å². The zero-order chi connectivity index (χ0) is 75.5. The molecule has 6 aromatic carbocycles. The second-order valence-electron chi connectivity index (χ2n) is 29.2. The van der Waals surface area contributed by atoms with Crippen molar-refractivity contribution in [1.82, 2.24) is 4.90 Å². The smallest absolute Gasteiger partial charge is 0.452 e. The minimum atomic E-state index is -3.38. The van der Waals surface area contributed by atoms with Crippen molar-refractivity contribution in [3.8, 4) is 22.3 Å². The number of nitrogens with zero attached hydrogens (tertiary/aromatic N) is 1. The van der Waals surface area contributed by atoms with Crippen molar-refractivity contribution < 1.29 is 128 Å². The van der Waals surface area contributed by atoms with Gasteiger partial charge in [-0.25, -0.2) is 32.2 Å². The van der Waals surface area contributed by atoms with Gasteiger partial charge in [0.25, 0.3) is 0 Å². The number of esters is 2. The molecule has 0 aromatic heterocycles. The van der Waals surface area contributed by atoms with Crippen molar-refractivity contribution in [3.05, 3.63) is 186 Å². The lowest BCUT2D eigenvalue weighted by Gasteiger charge is -2.47. The van der Waals surface area contributed by atoms with Crippen molar-refractivity contribution >= 4 is 64.6 Å². The van der Waals surface area contributed by atoms with Gasteiger partial charge >= 0.3 is 58.9 Å². The normalized spacial score (nSPS) is 34.9. The molecule has 0 spiro atoms. The van der Waals surface area contributed by atoms with Crippen LogP contribution in [0.3, 0.4) is 0 Å². The molecular formula is C71H86N2O28P6. The van der Waals surface area contributed by atoms with Crippen LogP contribution < -0.4 is 5.32 Å². The Bertz CT molecular complexity index is 4230. The lowest BCUT2D eigenvalue weighted by atomic mass is 9.83. The fourth-order valence-electron chi connectivity index (χ4n) is 12.3. The summed E-state index contributed by atoms with van der Waals surface area (Å²) in [5.74, 6) is -0.917. The molecule has 0 atom stereocenters. The molecule has 18 aliphatic rings. The number of rotatable bonds is 12. The van der Waals surface area contributed by atoms with Crippen LogP contribution in [0, 0.1) is 10.8 Å². The highest BCUT2D eigenvalue weighted by molar-refractivity contribution is 7.50. The number of likely N-dealkylation sites (N-methyl/N-ethyl adjacent to an activating group) is 1. The number of hydrogen-bond acceptors (Lipinski definition) is 30. The average molecular weight is 1600 g/mol. The number of carbonyl (C=O) groups is 2. The first-order valence-electron chi connectivity index (χ1n) is 34.4. The van der Waals surface area contributed by atoms with Crippen molar-refractivity contribution in [2.45, 2.75) is 68.2 Å². The molecule has 12 bridgehead atoms. The van der Waals surface area contributed by atoms with Crippen LogP contribution >= 0.6 is 46.9 Å². The fraction of sp³-hybridized carbons (Fsp3) is 0.465. The molecule has 18 fully saturated rings. The molecule has 24 rings (SSSR count). The van der Waals surface area contributed by atoms with E-state index < -0.39 is 75.6 Å². The zero-order valence-corrected chi connectivity index (χ0v) is 65.2. The number of phosphoric ester groups is 6. The van der Waals surface area contributed by atoms with Gasteiger partial charge in [0.05, 0.1) is 90.4 Å². The summed E-state index contributed by atoms with van der Waals surface area (Å²) < 4.78 is 171. The lowest BCUT2D eigenvalue weighted by Crippen LogP contribution is -2.59. The number of benzene rings is 6. The van der Waals surface area contributed by atoms with Crippen molar-refractivity contribution in [1.29, 1.82) is 0 Å². The summed E-state index contributed by atoms with van der Waals surface area (Å²) in [4.78, 5) is 24.6. The molecule has 36 heteroatoms. The molecule has 0 amide bonds. The number of hydrogen-bond donors (Lipinski definition) is 1. The van der Waals surface area contributed by atoms with Crippen molar-refractivity contribution in [3.63, 3.8) is 0 Å². The molecule has 107 heavy (non-hydrogen) atoms. The minimum absolute atomic E-state index is 0.0306. The van der Waals surface area contributed by atoms with Gasteiger partial charge in [0.2, 0.25) is 0 Å². The Morgan fingerprint density at radius 3 is 1.00 bits per heavy atom. The Labute approximate surface area is 620 Å². The van der Waals surface area contributed by atoms with Gasteiger partial charge in [-0.15, -0.1) is 0 Å². The van der Waals surface area contributed by atoms with E-state index in [1.54, 1.807) is 24.3 Å². The maximum atomic E-state index is 11.9.